The van der Waals surface area contributed by atoms with E-state index in [1.165, 1.54) is 11.6 Å². The predicted molar refractivity (Wildman–Crippen MR) is 82.9 cm³/mol. The summed E-state index contributed by atoms with van der Waals surface area (Å²) in [5, 5.41) is 11.1. The van der Waals surface area contributed by atoms with Crippen LogP contribution in [0.5, 0.6) is 0 Å². The van der Waals surface area contributed by atoms with E-state index in [9.17, 15) is 9.50 Å². The molecule has 0 radical (unpaired) electrons. The second-order valence-electron chi connectivity index (χ2n) is 6.95. The van der Waals surface area contributed by atoms with Crippen molar-refractivity contribution >= 4 is 0 Å². The van der Waals surface area contributed by atoms with Crippen molar-refractivity contribution in [3.63, 3.8) is 0 Å². The summed E-state index contributed by atoms with van der Waals surface area (Å²) in [5.41, 5.74) is 2.47. The lowest BCUT2D eigenvalue weighted by atomic mass is 9.83. The highest BCUT2D eigenvalue weighted by Gasteiger charge is 2.39. The second-order valence-corrected chi connectivity index (χ2v) is 6.95. The van der Waals surface area contributed by atoms with Crippen LogP contribution in [0.3, 0.4) is 0 Å². The smallest absolute Gasteiger partial charge is 0.126 e. The van der Waals surface area contributed by atoms with E-state index in [1.54, 1.807) is 6.07 Å². The fraction of sp³-hybridized carbons (Fsp3) is 0.368. The van der Waals surface area contributed by atoms with Gasteiger partial charge in [0.05, 0.1) is 0 Å². The molecule has 110 valence electrons. The highest BCUT2D eigenvalue weighted by molar-refractivity contribution is 5.46. The Morgan fingerprint density at radius 3 is 2.33 bits per heavy atom. The molecule has 0 aromatic heterocycles. The van der Waals surface area contributed by atoms with Crippen molar-refractivity contribution in [3.05, 3.63) is 70.5 Å². The average molecular weight is 284 g/mol. The molecular weight excluding hydrogens is 263 g/mol. The zero-order valence-electron chi connectivity index (χ0n) is 12.8. The molecule has 0 bridgehead atoms. The molecule has 1 aliphatic rings. The first kappa shape index (κ1) is 14.3. The summed E-state index contributed by atoms with van der Waals surface area (Å²) in [6.45, 7) is 6.49. The third kappa shape index (κ3) is 2.28. The van der Waals surface area contributed by atoms with Crippen LogP contribution in [0.15, 0.2) is 42.5 Å². The van der Waals surface area contributed by atoms with Crippen LogP contribution >= 0.6 is 0 Å². The molecule has 0 amide bonds. The number of hydrogen-bond donors (Lipinski definition) is 1. The van der Waals surface area contributed by atoms with E-state index in [0.717, 1.165) is 5.56 Å². The zero-order chi connectivity index (χ0) is 15.3. The van der Waals surface area contributed by atoms with Gasteiger partial charge in [0, 0.05) is 0 Å². The van der Waals surface area contributed by atoms with E-state index in [1.807, 2.05) is 18.2 Å². The van der Waals surface area contributed by atoms with Crippen molar-refractivity contribution in [2.24, 2.45) is 0 Å². The Kier molecular flexibility index (Phi) is 3.18. The summed E-state index contributed by atoms with van der Waals surface area (Å²) in [6, 6.07) is 13.0. The molecule has 1 N–H and O–H groups in total. The third-order valence-electron chi connectivity index (χ3n) is 4.53. The number of benzene rings is 2. The highest BCUT2D eigenvalue weighted by atomic mass is 19.1. The quantitative estimate of drug-likeness (QED) is 0.827. The van der Waals surface area contributed by atoms with Crippen LogP contribution in [0.2, 0.25) is 0 Å². The summed E-state index contributed by atoms with van der Waals surface area (Å²) in [5.74, 6) is -0.213. The molecule has 1 nitrogen and oxygen atoms in total. The van der Waals surface area contributed by atoms with Gasteiger partial charge in [0.15, 0.2) is 0 Å². The highest BCUT2D eigenvalue weighted by Crippen LogP contribution is 2.43. The molecule has 0 heterocycles. The topological polar surface area (TPSA) is 20.2 Å². The van der Waals surface area contributed by atoms with Crippen molar-refractivity contribution in [1.29, 1.82) is 0 Å². The van der Waals surface area contributed by atoms with Crippen molar-refractivity contribution < 1.29 is 9.50 Å². The van der Waals surface area contributed by atoms with Crippen LogP contribution in [0, 0.1) is 5.82 Å². The van der Waals surface area contributed by atoms with Crippen LogP contribution in [0.25, 0.3) is 0 Å². The van der Waals surface area contributed by atoms with E-state index >= 15 is 0 Å². The fourth-order valence-electron chi connectivity index (χ4n) is 3.19. The number of aliphatic hydroxyl groups is 1. The fourth-order valence-corrected chi connectivity index (χ4v) is 3.19. The number of rotatable bonds is 1. The Hall–Kier alpha value is -1.67. The Bertz CT molecular complexity index is 667. The lowest BCUT2D eigenvalue weighted by molar-refractivity contribution is 0.0829. The molecular formula is C19H21FO. The van der Waals surface area contributed by atoms with E-state index < -0.39 is 5.60 Å². The maximum Gasteiger partial charge on any atom is 0.126 e. The maximum absolute atomic E-state index is 13.9. The third-order valence-corrected chi connectivity index (χ3v) is 4.53. The SMILES string of the molecule is CC(C)(C)c1ccc(C2(O)CCc3c(F)cccc32)cc1. The molecule has 2 heteroatoms. The van der Waals surface area contributed by atoms with Crippen LogP contribution in [0.1, 0.15) is 49.4 Å². The van der Waals surface area contributed by atoms with Gasteiger partial charge >= 0.3 is 0 Å². The second kappa shape index (κ2) is 4.67. The standard InChI is InChI=1S/C19H21FO/c1-18(2,3)13-7-9-14(10-8-13)19(21)12-11-15-16(19)5-4-6-17(15)20/h4-10,21H,11-12H2,1-3H3. The normalized spacial score (nSPS) is 21.4. The van der Waals surface area contributed by atoms with E-state index in [0.29, 0.717) is 24.0 Å². The summed E-state index contributed by atoms with van der Waals surface area (Å²) >= 11 is 0. The minimum absolute atomic E-state index is 0.0842. The van der Waals surface area contributed by atoms with Gasteiger partial charge in [-0.15, -0.1) is 0 Å². The molecule has 2 aromatic rings. The van der Waals surface area contributed by atoms with Gasteiger partial charge in [0.2, 0.25) is 0 Å². The Morgan fingerprint density at radius 2 is 1.71 bits per heavy atom. The minimum atomic E-state index is -1.06. The van der Waals surface area contributed by atoms with Gasteiger partial charge in [-0.1, -0.05) is 57.2 Å². The lowest BCUT2D eigenvalue weighted by Gasteiger charge is -2.26. The van der Waals surface area contributed by atoms with Crippen LogP contribution in [-0.2, 0) is 17.4 Å². The molecule has 1 atom stereocenters. The molecule has 0 aliphatic heterocycles. The Balaban J connectivity index is 2.04. The lowest BCUT2D eigenvalue weighted by Crippen LogP contribution is -2.24. The van der Waals surface area contributed by atoms with Crippen LogP contribution < -0.4 is 0 Å². The first-order valence-electron chi connectivity index (χ1n) is 7.44. The summed E-state index contributed by atoms with van der Waals surface area (Å²) in [6.07, 6.45) is 1.12. The minimum Gasteiger partial charge on any atom is -0.380 e. The summed E-state index contributed by atoms with van der Waals surface area (Å²) < 4.78 is 13.9. The molecule has 0 spiro atoms. The first-order chi connectivity index (χ1) is 9.82. The molecule has 1 aliphatic carbocycles. The van der Waals surface area contributed by atoms with Gasteiger partial charge in [-0.25, -0.2) is 4.39 Å². The van der Waals surface area contributed by atoms with Crippen molar-refractivity contribution in [2.45, 2.75) is 44.6 Å². The van der Waals surface area contributed by atoms with Gasteiger partial charge in [0.1, 0.15) is 11.4 Å². The summed E-state index contributed by atoms with van der Waals surface area (Å²) in [7, 11) is 0. The van der Waals surface area contributed by atoms with Crippen LogP contribution in [-0.4, -0.2) is 5.11 Å². The van der Waals surface area contributed by atoms with Crippen molar-refractivity contribution in [2.75, 3.05) is 0 Å². The first-order valence-corrected chi connectivity index (χ1v) is 7.44. The monoisotopic (exact) mass is 284 g/mol. The van der Waals surface area contributed by atoms with E-state index in [-0.39, 0.29) is 11.2 Å². The van der Waals surface area contributed by atoms with Gasteiger partial charge < -0.3 is 5.11 Å². The van der Waals surface area contributed by atoms with Gasteiger partial charge in [0.25, 0.3) is 0 Å². The van der Waals surface area contributed by atoms with E-state index in [2.05, 4.69) is 32.9 Å². The predicted octanol–water partition coefficient (Wildman–Crippen LogP) is 4.31. The molecule has 0 saturated heterocycles. The molecule has 0 fully saturated rings. The Labute approximate surface area is 125 Å². The molecule has 3 rings (SSSR count). The van der Waals surface area contributed by atoms with Crippen LogP contribution in [0.4, 0.5) is 4.39 Å². The van der Waals surface area contributed by atoms with Crippen molar-refractivity contribution in [3.8, 4) is 0 Å². The average Bonchev–Trinajstić information content (AvgIpc) is 2.79. The molecule has 0 saturated carbocycles. The number of fused-ring (bicyclic) bond motifs is 1. The zero-order valence-corrected chi connectivity index (χ0v) is 12.8. The van der Waals surface area contributed by atoms with Gasteiger partial charge in [-0.05, 0) is 46.6 Å². The molecule has 1 unspecified atom stereocenters. The van der Waals surface area contributed by atoms with Crippen molar-refractivity contribution in [1.82, 2.24) is 0 Å². The number of hydrogen-bond acceptors (Lipinski definition) is 1. The van der Waals surface area contributed by atoms with Gasteiger partial charge in [-0.2, -0.15) is 0 Å². The van der Waals surface area contributed by atoms with Gasteiger partial charge in [-0.3, -0.25) is 0 Å². The largest absolute Gasteiger partial charge is 0.380 e. The molecule has 21 heavy (non-hydrogen) atoms. The summed E-state index contributed by atoms with van der Waals surface area (Å²) in [4.78, 5) is 0. The maximum atomic E-state index is 13.9. The Morgan fingerprint density at radius 1 is 1.05 bits per heavy atom. The van der Waals surface area contributed by atoms with E-state index in [4.69, 9.17) is 0 Å². The number of halogens is 1. The molecule has 2 aromatic carbocycles.